The van der Waals surface area contributed by atoms with Gasteiger partial charge >= 0.3 is 0 Å². The normalized spacial score (nSPS) is 18.2. The number of nitrogens with zero attached hydrogens (tertiary/aromatic N) is 4. The molecule has 0 bridgehead atoms. The average molecular weight is 494 g/mol. The van der Waals surface area contributed by atoms with Crippen LogP contribution in [0, 0.1) is 24.6 Å². The zero-order valence-electron chi connectivity index (χ0n) is 21.8. The second-order valence-electron chi connectivity index (χ2n) is 10.7. The molecule has 4 rings (SSSR count). The Balaban J connectivity index is 1.51. The number of aromatic nitrogens is 3. The lowest BCUT2D eigenvalue weighted by atomic mass is 9.78. The number of fused-ring (bicyclic) bond motifs is 1. The van der Waals surface area contributed by atoms with Crippen molar-refractivity contribution in [3.63, 3.8) is 0 Å². The van der Waals surface area contributed by atoms with E-state index in [4.69, 9.17) is 0 Å². The van der Waals surface area contributed by atoms with Gasteiger partial charge in [0.05, 0.1) is 18.4 Å². The van der Waals surface area contributed by atoms with Crippen molar-refractivity contribution in [2.24, 2.45) is 11.8 Å². The number of halogens is 1. The third-order valence-corrected chi connectivity index (χ3v) is 7.02. The van der Waals surface area contributed by atoms with Crippen molar-refractivity contribution in [3.05, 3.63) is 42.1 Å². The van der Waals surface area contributed by atoms with Crippen molar-refractivity contribution in [2.45, 2.75) is 58.9 Å². The van der Waals surface area contributed by atoms with Crippen LogP contribution in [0.2, 0.25) is 0 Å². The van der Waals surface area contributed by atoms with Gasteiger partial charge in [0.2, 0.25) is 5.91 Å². The Labute approximate surface area is 212 Å². The van der Waals surface area contributed by atoms with E-state index < -0.39 is 0 Å². The first-order valence-corrected chi connectivity index (χ1v) is 12.7. The predicted octanol–water partition coefficient (Wildman–Crippen LogP) is 5.39. The molecule has 8 heteroatoms. The summed E-state index contributed by atoms with van der Waals surface area (Å²) in [5, 5.41) is 2.98. The van der Waals surface area contributed by atoms with Gasteiger partial charge in [0.15, 0.2) is 5.82 Å². The molecule has 1 aliphatic carbocycles. The van der Waals surface area contributed by atoms with Gasteiger partial charge in [0.25, 0.3) is 0 Å². The van der Waals surface area contributed by atoms with Gasteiger partial charge in [0, 0.05) is 24.6 Å². The van der Waals surface area contributed by atoms with Crippen molar-refractivity contribution in [2.75, 3.05) is 26.0 Å². The molecule has 192 valence electrons. The van der Waals surface area contributed by atoms with Crippen LogP contribution in [0.25, 0.3) is 22.2 Å². The Kier molecular flexibility index (Phi) is 7.83. The zero-order chi connectivity index (χ0) is 26.0. The minimum Gasteiger partial charge on any atom is -0.328 e. The van der Waals surface area contributed by atoms with E-state index in [1.807, 2.05) is 56.5 Å². The Morgan fingerprint density at radius 1 is 1.19 bits per heavy atom. The average Bonchev–Trinajstić information content (AvgIpc) is 3.25. The molecular formula is C28H36FN5O2. The van der Waals surface area contributed by atoms with Crippen LogP contribution < -0.4 is 5.32 Å². The highest BCUT2D eigenvalue weighted by Gasteiger charge is 2.29. The summed E-state index contributed by atoms with van der Waals surface area (Å²) in [7, 11) is 3.78. The van der Waals surface area contributed by atoms with Crippen molar-refractivity contribution in [3.8, 4) is 11.1 Å². The summed E-state index contributed by atoms with van der Waals surface area (Å²) >= 11 is 0. The first kappa shape index (κ1) is 25.9. The highest BCUT2D eigenvalue weighted by Crippen LogP contribution is 2.34. The molecule has 7 nitrogen and oxygen atoms in total. The van der Waals surface area contributed by atoms with E-state index in [0.717, 1.165) is 41.5 Å². The molecule has 2 atom stereocenters. The van der Waals surface area contributed by atoms with E-state index in [-0.39, 0.29) is 35.4 Å². The van der Waals surface area contributed by atoms with Crippen LogP contribution >= 0.6 is 0 Å². The number of anilines is 1. The number of imidazole rings is 1. The number of aryl methyl sites for hydroxylation is 1. The molecule has 0 radical (unpaired) electrons. The fourth-order valence-corrected chi connectivity index (χ4v) is 5.24. The molecule has 0 saturated heterocycles. The van der Waals surface area contributed by atoms with Gasteiger partial charge in [0.1, 0.15) is 17.1 Å². The fourth-order valence-electron chi connectivity index (χ4n) is 5.24. The summed E-state index contributed by atoms with van der Waals surface area (Å²) in [6.45, 7) is 6.43. The SMILES string of the molecule is Cc1cnc(NC(=O)[C@H]2CCC[C@@H](CC(=O)CN(C)C)C2)cc1-c1cc(F)c2ncn(C(C)C)c2c1. The van der Waals surface area contributed by atoms with Crippen LogP contribution in [0.15, 0.2) is 30.7 Å². The van der Waals surface area contributed by atoms with E-state index in [1.165, 1.54) is 6.07 Å². The summed E-state index contributed by atoms with van der Waals surface area (Å²) in [5.74, 6) is 0.325. The van der Waals surface area contributed by atoms with Gasteiger partial charge in [-0.25, -0.2) is 14.4 Å². The van der Waals surface area contributed by atoms with Gasteiger partial charge in [-0.2, -0.15) is 0 Å². The molecular weight excluding hydrogens is 457 g/mol. The molecule has 2 aromatic heterocycles. The Morgan fingerprint density at radius 3 is 2.69 bits per heavy atom. The number of nitrogens with one attached hydrogen (secondary N) is 1. The lowest BCUT2D eigenvalue weighted by molar-refractivity contribution is -0.124. The number of benzene rings is 1. The van der Waals surface area contributed by atoms with Gasteiger partial charge < -0.3 is 14.8 Å². The first-order valence-electron chi connectivity index (χ1n) is 12.7. The summed E-state index contributed by atoms with van der Waals surface area (Å²) in [5.41, 5.74) is 3.50. The van der Waals surface area contributed by atoms with E-state index in [0.29, 0.717) is 30.7 Å². The standard InChI is InChI=1S/C28H36FN5O2/c1-17(2)34-16-31-27-24(29)11-21(12-25(27)34)23-13-26(30-14-18(23)3)32-28(36)20-8-6-7-19(9-20)10-22(35)15-33(4)5/h11-14,16-17,19-20H,6-10,15H2,1-5H3,(H,30,32,36)/t19-,20+/m1/s1. The largest absolute Gasteiger partial charge is 0.328 e. The van der Waals surface area contributed by atoms with E-state index in [9.17, 15) is 14.0 Å². The second-order valence-corrected chi connectivity index (χ2v) is 10.7. The minimum absolute atomic E-state index is 0.0680. The van der Waals surface area contributed by atoms with Crippen molar-refractivity contribution < 1.29 is 14.0 Å². The molecule has 36 heavy (non-hydrogen) atoms. The lowest BCUT2D eigenvalue weighted by Crippen LogP contribution is -2.30. The van der Waals surface area contributed by atoms with E-state index in [1.54, 1.807) is 12.5 Å². The molecule has 1 aromatic carbocycles. The Morgan fingerprint density at radius 2 is 1.97 bits per heavy atom. The summed E-state index contributed by atoms with van der Waals surface area (Å²) < 4.78 is 16.9. The predicted molar refractivity (Wildman–Crippen MR) is 140 cm³/mol. The van der Waals surface area contributed by atoms with E-state index >= 15 is 0 Å². The summed E-state index contributed by atoms with van der Waals surface area (Å²) in [4.78, 5) is 35.9. The van der Waals surface area contributed by atoms with Gasteiger partial charge in [-0.1, -0.05) is 6.42 Å². The van der Waals surface area contributed by atoms with Crippen molar-refractivity contribution >= 4 is 28.5 Å². The minimum atomic E-state index is -0.374. The van der Waals surface area contributed by atoms with Crippen LogP contribution in [0.1, 0.15) is 57.6 Å². The third kappa shape index (κ3) is 5.81. The number of carbonyl (C=O) groups is 2. The molecule has 1 aliphatic rings. The highest BCUT2D eigenvalue weighted by molar-refractivity contribution is 5.93. The summed E-state index contributed by atoms with van der Waals surface area (Å²) in [6, 6.07) is 5.39. The van der Waals surface area contributed by atoms with Crippen LogP contribution in [0.5, 0.6) is 0 Å². The maximum Gasteiger partial charge on any atom is 0.228 e. The quantitative estimate of drug-likeness (QED) is 0.455. The zero-order valence-corrected chi connectivity index (χ0v) is 21.8. The maximum absolute atomic E-state index is 14.9. The second kappa shape index (κ2) is 10.9. The Hall–Kier alpha value is -3.13. The molecule has 1 saturated carbocycles. The first-order chi connectivity index (χ1) is 17.1. The van der Waals surface area contributed by atoms with Crippen LogP contribution in [-0.2, 0) is 9.59 Å². The number of Topliss-reactive ketones (excluding diaryl/α,β-unsaturated/α-hetero) is 1. The summed E-state index contributed by atoms with van der Waals surface area (Å²) in [6.07, 6.45) is 7.34. The van der Waals surface area contributed by atoms with Crippen LogP contribution in [0.4, 0.5) is 10.2 Å². The molecule has 1 fully saturated rings. The number of rotatable bonds is 8. The number of ketones is 1. The number of hydrogen-bond donors (Lipinski definition) is 1. The number of likely N-dealkylation sites (N-methyl/N-ethyl adjacent to an activating group) is 1. The topological polar surface area (TPSA) is 80.1 Å². The van der Waals surface area contributed by atoms with Crippen molar-refractivity contribution in [1.82, 2.24) is 19.4 Å². The molecule has 0 aliphatic heterocycles. The number of amides is 1. The van der Waals surface area contributed by atoms with Crippen LogP contribution in [0.3, 0.4) is 0 Å². The van der Waals surface area contributed by atoms with Crippen LogP contribution in [-0.4, -0.2) is 51.8 Å². The van der Waals surface area contributed by atoms with E-state index in [2.05, 4.69) is 15.3 Å². The van der Waals surface area contributed by atoms with Gasteiger partial charge in [-0.05, 0) is 94.9 Å². The monoisotopic (exact) mass is 493 g/mol. The number of carbonyl (C=O) groups excluding carboxylic acids is 2. The molecule has 0 unspecified atom stereocenters. The third-order valence-electron chi connectivity index (χ3n) is 7.02. The maximum atomic E-state index is 14.9. The molecule has 0 spiro atoms. The highest BCUT2D eigenvalue weighted by atomic mass is 19.1. The molecule has 3 aromatic rings. The molecule has 2 heterocycles. The van der Waals surface area contributed by atoms with Crippen molar-refractivity contribution in [1.29, 1.82) is 0 Å². The number of hydrogen-bond acceptors (Lipinski definition) is 5. The Bertz CT molecular complexity index is 1270. The van der Waals surface area contributed by atoms with Gasteiger partial charge in [-0.15, -0.1) is 0 Å². The number of pyridine rings is 1. The molecule has 1 amide bonds. The molecule has 1 N–H and O–H groups in total. The smallest absolute Gasteiger partial charge is 0.228 e. The fraction of sp³-hybridized carbons (Fsp3) is 0.500. The lowest BCUT2D eigenvalue weighted by Gasteiger charge is -2.28. The van der Waals surface area contributed by atoms with Gasteiger partial charge in [-0.3, -0.25) is 9.59 Å².